The van der Waals surface area contributed by atoms with Crippen LogP contribution in [0.5, 0.6) is 11.5 Å². The Bertz CT molecular complexity index is 1380. The molecule has 2 amide bonds. The summed E-state index contributed by atoms with van der Waals surface area (Å²) in [4.78, 5) is 25.2. The van der Waals surface area contributed by atoms with Crippen molar-refractivity contribution in [2.24, 2.45) is 0 Å². The van der Waals surface area contributed by atoms with Gasteiger partial charge in [-0.25, -0.2) is 0 Å². The molecule has 0 saturated heterocycles. The van der Waals surface area contributed by atoms with Gasteiger partial charge in [0.15, 0.2) is 18.1 Å². The maximum atomic E-state index is 12.8. The molecule has 0 aliphatic carbocycles. The van der Waals surface area contributed by atoms with Crippen molar-refractivity contribution >= 4 is 45.2 Å². The lowest BCUT2D eigenvalue weighted by Crippen LogP contribution is -2.20. The number of anilines is 2. The number of halogens is 1. The Morgan fingerprint density at radius 1 is 1.03 bits per heavy atom. The van der Waals surface area contributed by atoms with Crippen LogP contribution in [0.3, 0.4) is 0 Å². The van der Waals surface area contributed by atoms with Crippen LogP contribution in [0, 0.1) is 32.1 Å². The van der Waals surface area contributed by atoms with Gasteiger partial charge in [0.25, 0.3) is 11.8 Å². The van der Waals surface area contributed by atoms with Crippen molar-refractivity contribution in [2.45, 2.75) is 27.7 Å². The average Bonchev–Trinajstić information content (AvgIpc) is 2.86. The molecule has 0 unspecified atom stereocenters. The zero-order chi connectivity index (χ0) is 26.9. The largest absolute Gasteiger partial charge is 0.490 e. The van der Waals surface area contributed by atoms with Crippen molar-refractivity contribution in [3.05, 3.63) is 86.9 Å². The number of nitrogens with zero attached hydrogens (tertiary/aromatic N) is 1. The molecule has 8 heteroatoms. The molecule has 190 valence electrons. The number of ether oxygens (including phenoxy) is 2. The summed E-state index contributed by atoms with van der Waals surface area (Å²) >= 11 is 3.46. The third-order valence-electron chi connectivity index (χ3n) is 5.54. The van der Waals surface area contributed by atoms with Gasteiger partial charge in [0.2, 0.25) is 0 Å². The monoisotopic (exact) mass is 561 g/mol. The predicted octanol–water partition coefficient (Wildman–Crippen LogP) is 6.34. The first-order valence-electron chi connectivity index (χ1n) is 11.7. The first kappa shape index (κ1) is 27.5. The van der Waals surface area contributed by atoms with Crippen molar-refractivity contribution in [2.75, 3.05) is 23.8 Å². The smallest absolute Gasteiger partial charge is 0.266 e. The van der Waals surface area contributed by atoms with Crippen LogP contribution in [0.15, 0.2) is 64.6 Å². The van der Waals surface area contributed by atoms with E-state index in [9.17, 15) is 14.9 Å². The summed E-state index contributed by atoms with van der Waals surface area (Å²) in [5.41, 5.74) is 4.87. The number of hydrogen-bond acceptors (Lipinski definition) is 5. The Labute approximate surface area is 225 Å². The van der Waals surface area contributed by atoms with E-state index in [2.05, 4.69) is 26.6 Å². The summed E-state index contributed by atoms with van der Waals surface area (Å²) < 4.78 is 12.0. The number of hydrogen-bond donors (Lipinski definition) is 2. The van der Waals surface area contributed by atoms with E-state index in [1.807, 2.05) is 70.2 Å². The van der Waals surface area contributed by atoms with Crippen LogP contribution in [-0.4, -0.2) is 25.0 Å². The lowest BCUT2D eigenvalue weighted by Gasteiger charge is -2.15. The minimum atomic E-state index is -0.515. The minimum Gasteiger partial charge on any atom is -0.490 e. The molecule has 7 nitrogen and oxygen atoms in total. The highest BCUT2D eigenvalue weighted by Crippen LogP contribution is 2.37. The molecule has 3 aromatic rings. The molecule has 37 heavy (non-hydrogen) atoms. The molecule has 0 fully saturated rings. The van der Waals surface area contributed by atoms with Gasteiger partial charge in [-0.1, -0.05) is 29.8 Å². The fraction of sp³-hybridized carbons (Fsp3) is 0.207. The van der Waals surface area contributed by atoms with E-state index in [4.69, 9.17) is 9.47 Å². The molecule has 0 spiro atoms. The van der Waals surface area contributed by atoms with E-state index >= 15 is 0 Å². The third kappa shape index (κ3) is 7.45. The van der Waals surface area contributed by atoms with E-state index in [1.54, 1.807) is 18.2 Å². The lowest BCUT2D eigenvalue weighted by molar-refractivity contribution is -0.118. The normalized spacial score (nSPS) is 10.9. The van der Waals surface area contributed by atoms with Crippen LogP contribution < -0.4 is 20.1 Å². The van der Waals surface area contributed by atoms with Crippen LogP contribution in [0.25, 0.3) is 6.08 Å². The van der Waals surface area contributed by atoms with Gasteiger partial charge in [0, 0.05) is 11.4 Å². The predicted molar refractivity (Wildman–Crippen MR) is 149 cm³/mol. The van der Waals surface area contributed by atoms with E-state index in [0.29, 0.717) is 39.5 Å². The summed E-state index contributed by atoms with van der Waals surface area (Å²) in [6.07, 6.45) is 1.47. The van der Waals surface area contributed by atoms with Crippen molar-refractivity contribution in [3.8, 4) is 17.6 Å². The summed E-state index contributed by atoms with van der Waals surface area (Å²) in [6.45, 7) is 7.77. The Morgan fingerprint density at radius 3 is 2.43 bits per heavy atom. The molecule has 0 saturated carbocycles. The molecule has 0 aliphatic heterocycles. The molecule has 0 radical (unpaired) electrons. The van der Waals surface area contributed by atoms with Gasteiger partial charge in [-0.2, -0.15) is 5.26 Å². The molecule has 0 atom stereocenters. The first-order chi connectivity index (χ1) is 17.7. The standard InChI is InChI=1S/C29H28BrN3O4/c1-5-36-26-15-21(13-22(16-31)29(35)33-25-8-6-7-19(3)20(25)4)14-24(30)28(26)37-17-27(34)32-23-11-9-18(2)10-12-23/h6-15H,5,17H2,1-4H3,(H,32,34)(H,33,35)/b22-13+. The van der Waals surface area contributed by atoms with Gasteiger partial charge in [0.1, 0.15) is 11.6 Å². The SMILES string of the molecule is CCOc1cc(/C=C(\C#N)C(=O)Nc2cccc(C)c2C)cc(Br)c1OCC(=O)Nc1ccc(C)cc1. The summed E-state index contributed by atoms with van der Waals surface area (Å²) in [7, 11) is 0. The fourth-order valence-corrected chi connectivity index (χ4v) is 4.01. The highest BCUT2D eigenvalue weighted by molar-refractivity contribution is 9.10. The van der Waals surface area contributed by atoms with Gasteiger partial charge in [-0.05, 0) is 96.7 Å². The second kappa shape index (κ2) is 12.7. The molecule has 2 N–H and O–H groups in total. The number of carbonyl (C=O) groups excluding carboxylic acids is 2. The van der Waals surface area contributed by atoms with Crippen molar-refractivity contribution < 1.29 is 19.1 Å². The molecule has 0 heterocycles. The molecule has 0 bridgehead atoms. The van der Waals surface area contributed by atoms with Crippen LogP contribution in [0.1, 0.15) is 29.2 Å². The van der Waals surface area contributed by atoms with Gasteiger partial charge < -0.3 is 20.1 Å². The Balaban J connectivity index is 1.78. The number of rotatable bonds is 9. The third-order valence-corrected chi connectivity index (χ3v) is 6.13. The Kier molecular flexibility index (Phi) is 9.47. The van der Waals surface area contributed by atoms with Gasteiger partial charge in [-0.3, -0.25) is 9.59 Å². The summed E-state index contributed by atoms with van der Waals surface area (Å²) in [5.74, 6) is -0.120. The minimum absolute atomic E-state index is 0.0681. The van der Waals surface area contributed by atoms with E-state index < -0.39 is 5.91 Å². The topological polar surface area (TPSA) is 100 Å². The quantitative estimate of drug-likeness (QED) is 0.234. The van der Waals surface area contributed by atoms with Crippen LogP contribution >= 0.6 is 15.9 Å². The second-order valence-corrected chi connectivity index (χ2v) is 9.19. The lowest BCUT2D eigenvalue weighted by atomic mass is 10.1. The summed E-state index contributed by atoms with van der Waals surface area (Å²) in [5, 5.41) is 15.2. The number of benzene rings is 3. The molecule has 0 aliphatic rings. The highest BCUT2D eigenvalue weighted by Gasteiger charge is 2.16. The number of nitriles is 1. The van der Waals surface area contributed by atoms with Gasteiger partial charge in [-0.15, -0.1) is 0 Å². The zero-order valence-electron chi connectivity index (χ0n) is 21.1. The molecule has 3 aromatic carbocycles. The van der Waals surface area contributed by atoms with Crippen LogP contribution in [0.2, 0.25) is 0 Å². The van der Waals surface area contributed by atoms with Crippen LogP contribution in [-0.2, 0) is 9.59 Å². The second-order valence-electron chi connectivity index (χ2n) is 8.34. The Morgan fingerprint density at radius 2 is 1.76 bits per heavy atom. The zero-order valence-corrected chi connectivity index (χ0v) is 22.7. The maximum Gasteiger partial charge on any atom is 0.266 e. The van der Waals surface area contributed by atoms with E-state index in [-0.39, 0.29) is 18.1 Å². The Hall–Kier alpha value is -4.09. The molecule has 3 rings (SSSR count). The van der Waals surface area contributed by atoms with E-state index in [0.717, 1.165) is 16.7 Å². The number of carbonyl (C=O) groups is 2. The molecular formula is C29H28BrN3O4. The highest BCUT2D eigenvalue weighted by atomic mass is 79.9. The number of nitrogens with one attached hydrogen (secondary N) is 2. The van der Waals surface area contributed by atoms with Crippen molar-refractivity contribution in [3.63, 3.8) is 0 Å². The van der Waals surface area contributed by atoms with E-state index in [1.165, 1.54) is 6.08 Å². The number of aryl methyl sites for hydroxylation is 2. The fourth-order valence-electron chi connectivity index (χ4n) is 3.44. The van der Waals surface area contributed by atoms with Crippen molar-refractivity contribution in [1.29, 1.82) is 5.26 Å². The number of amides is 2. The van der Waals surface area contributed by atoms with Gasteiger partial charge >= 0.3 is 0 Å². The van der Waals surface area contributed by atoms with Crippen molar-refractivity contribution in [1.82, 2.24) is 0 Å². The van der Waals surface area contributed by atoms with Crippen LogP contribution in [0.4, 0.5) is 11.4 Å². The molecule has 0 aromatic heterocycles. The maximum absolute atomic E-state index is 12.8. The average molecular weight is 562 g/mol. The van der Waals surface area contributed by atoms with Gasteiger partial charge in [0.05, 0.1) is 11.1 Å². The first-order valence-corrected chi connectivity index (χ1v) is 12.5. The summed E-state index contributed by atoms with van der Waals surface area (Å²) in [6, 6.07) is 18.4. The molecular weight excluding hydrogens is 534 g/mol.